The number of anilines is 1. The van der Waals surface area contributed by atoms with Gasteiger partial charge in [0.2, 0.25) is 5.91 Å². The van der Waals surface area contributed by atoms with E-state index in [1.165, 1.54) is 18.6 Å². The maximum absolute atomic E-state index is 13.9. The van der Waals surface area contributed by atoms with Gasteiger partial charge in [0.1, 0.15) is 11.5 Å². The standard InChI is InChI=1S/C22H24BrFN2O3/c1-2-29-19(27)18-17(15-6-14(24)3-4-16(15)25-18)26-20(28)21-7-12-5-13(8-21)10-22(23,9-12)11-21/h3-4,6,12-13,25H,2,5,7-11H2,1H3,(H,26,28)/t12-,13-,21?,22?/m0/s1. The van der Waals surface area contributed by atoms with Gasteiger partial charge in [-0.3, -0.25) is 4.79 Å². The van der Waals surface area contributed by atoms with Crippen molar-refractivity contribution in [3.05, 3.63) is 29.7 Å². The van der Waals surface area contributed by atoms with Crippen LogP contribution in [0.4, 0.5) is 10.1 Å². The topological polar surface area (TPSA) is 71.2 Å². The Morgan fingerprint density at radius 2 is 2.00 bits per heavy atom. The van der Waals surface area contributed by atoms with Gasteiger partial charge in [-0.25, -0.2) is 9.18 Å². The molecule has 4 bridgehead atoms. The minimum atomic E-state index is -0.554. The van der Waals surface area contributed by atoms with Gasteiger partial charge in [-0.1, -0.05) is 15.9 Å². The largest absolute Gasteiger partial charge is 0.461 e. The predicted octanol–water partition coefficient (Wildman–Crippen LogP) is 5.16. The molecule has 4 saturated carbocycles. The maximum Gasteiger partial charge on any atom is 0.356 e. The fourth-order valence-electron chi connectivity index (χ4n) is 6.31. The molecule has 0 radical (unpaired) electrons. The van der Waals surface area contributed by atoms with Crippen LogP contribution in [-0.2, 0) is 9.53 Å². The first-order valence-corrected chi connectivity index (χ1v) is 11.1. The van der Waals surface area contributed by atoms with E-state index in [9.17, 15) is 14.0 Å². The van der Waals surface area contributed by atoms with Gasteiger partial charge >= 0.3 is 5.97 Å². The van der Waals surface area contributed by atoms with Crippen molar-refractivity contribution in [2.24, 2.45) is 17.3 Å². The van der Waals surface area contributed by atoms with Crippen LogP contribution in [0.1, 0.15) is 55.9 Å². The van der Waals surface area contributed by atoms with E-state index in [0.717, 1.165) is 32.1 Å². The minimum Gasteiger partial charge on any atom is -0.461 e. The highest BCUT2D eigenvalue weighted by Crippen LogP contribution is 2.64. The number of hydrogen-bond donors (Lipinski definition) is 2. The summed E-state index contributed by atoms with van der Waals surface area (Å²) in [6.07, 6.45) is 6.04. The third kappa shape index (κ3) is 3.09. The quantitative estimate of drug-likeness (QED) is 0.486. The van der Waals surface area contributed by atoms with E-state index in [1.54, 1.807) is 13.0 Å². The number of carbonyl (C=O) groups excluding carboxylic acids is 2. The minimum absolute atomic E-state index is 0.0463. The lowest BCUT2D eigenvalue weighted by Crippen LogP contribution is -2.57. The average Bonchev–Trinajstić information content (AvgIpc) is 2.98. The predicted molar refractivity (Wildman–Crippen MR) is 112 cm³/mol. The monoisotopic (exact) mass is 462 g/mol. The van der Waals surface area contributed by atoms with E-state index in [4.69, 9.17) is 4.74 Å². The zero-order chi connectivity index (χ0) is 20.4. The van der Waals surface area contributed by atoms with Crippen LogP contribution in [0.15, 0.2) is 18.2 Å². The number of ether oxygens (including phenoxy) is 1. The van der Waals surface area contributed by atoms with Crippen LogP contribution in [-0.4, -0.2) is 27.8 Å². The van der Waals surface area contributed by atoms with E-state index >= 15 is 0 Å². The second-order valence-corrected chi connectivity index (χ2v) is 10.8. The highest BCUT2D eigenvalue weighted by atomic mass is 79.9. The maximum atomic E-state index is 13.9. The molecule has 0 spiro atoms. The smallest absolute Gasteiger partial charge is 0.356 e. The van der Waals surface area contributed by atoms with E-state index in [0.29, 0.717) is 28.4 Å². The van der Waals surface area contributed by atoms with Crippen molar-refractivity contribution in [1.29, 1.82) is 0 Å². The number of esters is 1. The van der Waals surface area contributed by atoms with Crippen LogP contribution in [0.5, 0.6) is 0 Å². The number of alkyl halides is 1. The van der Waals surface area contributed by atoms with Gasteiger partial charge in [0.25, 0.3) is 0 Å². The third-order valence-electron chi connectivity index (χ3n) is 6.95. The van der Waals surface area contributed by atoms with Gasteiger partial charge in [0.05, 0.1) is 17.7 Å². The molecule has 1 aromatic heterocycles. The van der Waals surface area contributed by atoms with Gasteiger partial charge in [-0.05, 0) is 75.5 Å². The number of nitrogens with one attached hydrogen (secondary N) is 2. The first kappa shape index (κ1) is 19.1. The second kappa shape index (κ2) is 6.56. The Morgan fingerprint density at radius 1 is 1.28 bits per heavy atom. The highest BCUT2D eigenvalue weighted by Gasteiger charge is 2.59. The third-order valence-corrected chi connectivity index (χ3v) is 7.88. The molecule has 29 heavy (non-hydrogen) atoms. The summed E-state index contributed by atoms with van der Waals surface area (Å²) in [6, 6.07) is 4.24. The normalized spacial score (nSPS) is 32.5. The number of H-pyrrole nitrogens is 1. The van der Waals surface area contributed by atoms with Gasteiger partial charge in [-0.15, -0.1) is 0 Å². The lowest BCUT2D eigenvalue weighted by atomic mass is 9.49. The number of carbonyl (C=O) groups is 2. The Hall–Kier alpha value is -1.89. The molecular formula is C22H24BrFN2O3. The Kier molecular flexibility index (Phi) is 4.32. The van der Waals surface area contributed by atoms with Gasteiger partial charge in [0, 0.05) is 15.2 Å². The number of hydrogen-bond acceptors (Lipinski definition) is 3. The average molecular weight is 463 g/mol. The van der Waals surface area contributed by atoms with Crippen LogP contribution < -0.4 is 5.32 Å². The number of rotatable bonds is 4. The molecule has 4 fully saturated rings. The number of fused-ring (bicyclic) bond motifs is 1. The number of amides is 1. The zero-order valence-electron chi connectivity index (χ0n) is 16.3. The molecule has 1 aromatic carbocycles. The Balaban J connectivity index is 1.53. The molecule has 154 valence electrons. The van der Waals surface area contributed by atoms with E-state index < -0.39 is 17.2 Å². The summed E-state index contributed by atoms with van der Waals surface area (Å²) >= 11 is 3.94. The number of halogens is 2. The SMILES string of the molecule is CCOC(=O)c1[nH]c2ccc(F)cc2c1NC(=O)C12C[C@@H]3C[C@H](CC(Br)(C3)C1)C2. The van der Waals surface area contributed by atoms with Crippen molar-refractivity contribution < 1.29 is 18.7 Å². The summed E-state index contributed by atoms with van der Waals surface area (Å²) < 4.78 is 19.1. The zero-order valence-corrected chi connectivity index (χ0v) is 17.9. The molecule has 1 amide bonds. The van der Waals surface area contributed by atoms with Crippen LogP contribution in [0.3, 0.4) is 0 Å². The van der Waals surface area contributed by atoms with Crippen molar-refractivity contribution in [2.45, 2.75) is 49.8 Å². The molecule has 1 heterocycles. The first-order valence-electron chi connectivity index (χ1n) is 10.3. The first-order chi connectivity index (χ1) is 13.8. The molecule has 2 aromatic rings. The van der Waals surface area contributed by atoms with Gasteiger partial charge < -0.3 is 15.0 Å². The fraction of sp³-hybridized carbons (Fsp3) is 0.545. The molecule has 6 rings (SSSR count). The van der Waals surface area contributed by atoms with Crippen molar-refractivity contribution in [3.8, 4) is 0 Å². The molecule has 0 saturated heterocycles. The molecule has 7 heteroatoms. The summed E-state index contributed by atoms with van der Waals surface area (Å²) in [6.45, 7) is 1.94. The lowest BCUT2D eigenvalue weighted by Gasteiger charge is -2.59. The van der Waals surface area contributed by atoms with Crippen LogP contribution in [0, 0.1) is 23.1 Å². The summed E-state index contributed by atoms with van der Waals surface area (Å²) in [7, 11) is 0. The summed E-state index contributed by atoms with van der Waals surface area (Å²) in [5.41, 5.74) is 0.643. The summed E-state index contributed by atoms with van der Waals surface area (Å²) in [5.74, 6) is 0.0854. The molecule has 0 unspecified atom stereocenters. The van der Waals surface area contributed by atoms with Gasteiger partial charge in [-0.2, -0.15) is 0 Å². The van der Waals surface area contributed by atoms with Crippen molar-refractivity contribution in [1.82, 2.24) is 4.98 Å². The van der Waals surface area contributed by atoms with Gasteiger partial charge in [0.15, 0.2) is 0 Å². The van der Waals surface area contributed by atoms with Crippen LogP contribution in [0.25, 0.3) is 10.9 Å². The highest BCUT2D eigenvalue weighted by molar-refractivity contribution is 9.10. The van der Waals surface area contributed by atoms with Crippen molar-refractivity contribution in [2.75, 3.05) is 11.9 Å². The Morgan fingerprint density at radius 3 is 2.66 bits per heavy atom. The van der Waals surface area contributed by atoms with Crippen LogP contribution in [0.2, 0.25) is 0 Å². The van der Waals surface area contributed by atoms with E-state index in [2.05, 4.69) is 26.2 Å². The Labute approximate surface area is 176 Å². The van der Waals surface area contributed by atoms with Crippen LogP contribution >= 0.6 is 15.9 Å². The second-order valence-electron chi connectivity index (χ2n) is 9.13. The molecule has 4 aliphatic carbocycles. The molecular weight excluding hydrogens is 439 g/mol. The summed E-state index contributed by atoms with van der Waals surface area (Å²) in [5, 5.41) is 3.50. The Bertz CT molecular complexity index is 1000. The molecule has 2 N–H and O–H groups in total. The van der Waals surface area contributed by atoms with E-state index in [1.807, 2.05) is 0 Å². The number of aromatic nitrogens is 1. The molecule has 5 nitrogen and oxygen atoms in total. The fourth-order valence-corrected chi connectivity index (χ4v) is 7.77. The molecule has 4 aliphatic rings. The van der Waals surface area contributed by atoms with E-state index in [-0.39, 0.29) is 22.5 Å². The lowest BCUT2D eigenvalue weighted by molar-refractivity contribution is -0.138. The van der Waals surface area contributed by atoms with Crippen molar-refractivity contribution in [3.63, 3.8) is 0 Å². The van der Waals surface area contributed by atoms with Crippen molar-refractivity contribution >= 4 is 44.4 Å². The number of aromatic amines is 1. The number of benzene rings is 1. The molecule has 0 aliphatic heterocycles. The summed E-state index contributed by atoms with van der Waals surface area (Å²) in [4.78, 5) is 29.1. The molecule has 2 atom stereocenters.